The highest BCUT2D eigenvalue weighted by molar-refractivity contribution is 7.92. The highest BCUT2D eigenvalue weighted by Gasteiger charge is 2.31. The van der Waals surface area contributed by atoms with Crippen molar-refractivity contribution in [2.24, 2.45) is 0 Å². The van der Waals surface area contributed by atoms with Gasteiger partial charge in [-0.15, -0.1) is 0 Å². The SMILES string of the molecule is CN(C)S(=O)(=O)N(C)CC(=O)Nc1ccc2c(c1)N(S(=O)(=O)c1ccc(Cl)cc1)CC2. The summed E-state index contributed by atoms with van der Waals surface area (Å²) in [4.78, 5) is 12.5. The number of likely N-dealkylation sites (N-methyl/N-ethyl adjacent to an activating group) is 1. The van der Waals surface area contributed by atoms with Gasteiger partial charge in [0.05, 0.1) is 17.1 Å². The normalized spacial score (nSPS) is 14.2. The zero-order valence-electron chi connectivity index (χ0n) is 17.2. The Hall–Kier alpha value is -2.18. The van der Waals surface area contributed by atoms with Gasteiger partial charge in [0.25, 0.3) is 20.2 Å². The Labute approximate surface area is 187 Å². The molecule has 0 fully saturated rings. The molecule has 31 heavy (non-hydrogen) atoms. The highest BCUT2D eigenvalue weighted by atomic mass is 35.5. The fraction of sp³-hybridized carbons (Fsp3) is 0.316. The number of rotatable bonds is 7. The molecule has 1 aliphatic rings. The molecule has 2 aromatic carbocycles. The van der Waals surface area contributed by atoms with Crippen molar-refractivity contribution in [1.29, 1.82) is 0 Å². The van der Waals surface area contributed by atoms with Crippen LogP contribution < -0.4 is 9.62 Å². The minimum atomic E-state index is -3.79. The molecule has 9 nitrogen and oxygen atoms in total. The second-order valence-corrected chi connectivity index (χ2v) is 11.8. The molecule has 3 rings (SSSR count). The van der Waals surface area contributed by atoms with Crippen LogP contribution >= 0.6 is 11.6 Å². The summed E-state index contributed by atoms with van der Waals surface area (Å²) < 4.78 is 53.5. The maximum atomic E-state index is 13.1. The first-order chi connectivity index (χ1) is 14.4. The van der Waals surface area contributed by atoms with E-state index in [2.05, 4.69) is 5.32 Å². The van der Waals surface area contributed by atoms with Crippen LogP contribution in [0.3, 0.4) is 0 Å². The van der Waals surface area contributed by atoms with Gasteiger partial charge in [-0.25, -0.2) is 8.42 Å². The first-order valence-corrected chi connectivity index (χ1v) is 12.5. The van der Waals surface area contributed by atoms with Crippen LogP contribution in [0.4, 0.5) is 11.4 Å². The van der Waals surface area contributed by atoms with E-state index in [4.69, 9.17) is 11.6 Å². The van der Waals surface area contributed by atoms with E-state index in [9.17, 15) is 21.6 Å². The van der Waals surface area contributed by atoms with Crippen molar-refractivity contribution in [3.63, 3.8) is 0 Å². The maximum absolute atomic E-state index is 13.1. The average molecular weight is 487 g/mol. The van der Waals surface area contributed by atoms with Gasteiger partial charge in [0, 0.05) is 38.4 Å². The van der Waals surface area contributed by atoms with Gasteiger partial charge in [0.2, 0.25) is 5.91 Å². The molecule has 0 spiro atoms. The van der Waals surface area contributed by atoms with E-state index >= 15 is 0 Å². The number of carbonyl (C=O) groups excluding carboxylic acids is 1. The van der Waals surface area contributed by atoms with Crippen LogP contribution in [0.5, 0.6) is 0 Å². The Bertz CT molecular complexity index is 1200. The zero-order chi connectivity index (χ0) is 23.0. The fourth-order valence-corrected chi connectivity index (χ4v) is 5.63. The predicted octanol–water partition coefficient (Wildman–Crippen LogP) is 1.77. The third kappa shape index (κ3) is 4.85. The summed E-state index contributed by atoms with van der Waals surface area (Å²) >= 11 is 5.86. The van der Waals surface area contributed by atoms with E-state index in [0.717, 1.165) is 14.2 Å². The van der Waals surface area contributed by atoms with Crippen LogP contribution in [0.2, 0.25) is 5.02 Å². The largest absolute Gasteiger partial charge is 0.325 e. The van der Waals surface area contributed by atoms with E-state index in [0.29, 0.717) is 22.8 Å². The topological polar surface area (TPSA) is 107 Å². The summed E-state index contributed by atoms with van der Waals surface area (Å²) in [6.07, 6.45) is 0.542. The molecule has 168 valence electrons. The van der Waals surface area contributed by atoms with Crippen molar-refractivity contribution in [2.75, 3.05) is 43.9 Å². The molecule has 0 aliphatic carbocycles. The van der Waals surface area contributed by atoms with Crippen LogP contribution in [0, 0.1) is 0 Å². The number of hydrogen-bond acceptors (Lipinski definition) is 5. The summed E-state index contributed by atoms with van der Waals surface area (Å²) in [6.45, 7) is -0.105. The van der Waals surface area contributed by atoms with E-state index in [1.807, 2.05) is 0 Å². The third-order valence-electron chi connectivity index (χ3n) is 4.85. The van der Waals surface area contributed by atoms with Gasteiger partial charge in [0.15, 0.2) is 0 Å². The lowest BCUT2D eigenvalue weighted by atomic mass is 10.1. The molecular weight excluding hydrogens is 464 g/mol. The second kappa shape index (κ2) is 8.75. The fourth-order valence-electron chi connectivity index (χ4n) is 3.17. The lowest BCUT2D eigenvalue weighted by Crippen LogP contribution is -2.41. The van der Waals surface area contributed by atoms with E-state index in [1.54, 1.807) is 18.2 Å². The van der Waals surface area contributed by atoms with Gasteiger partial charge in [-0.3, -0.25) is 9.10 Å². The molecule has 1 aliphatic heterocycles. The number of nitrogens with one attached hydrogen (secondary N) is 1. The van der Waals surface area contributed by atoms with E-state index < -0.39 is 26.1 Å². The summed E-state index contributed by atoms with van der Waals surface area (Å²) in [5.74, 6) is -0.544. The summed E-state index contributed by atoms with van der Waals surface area (Å²) in [7, 11) is -3.47. The van der Waals surface area contributed by atoms with Crippen LogP contribution in [0.25, 0.3) is 0 Å². The number of benzene rings is 2. The van der Waals surface area contributed by atoms with Crippen LogP contribution in [0.1, 0.15) is 5.56 Å². The second-order valence-electron chi connectivity index (χ2n) is 7.22. The maximum Gasteiger partial charge on any atom is 0.281 e. The molecule has 1 heterocycles. The minimum absolute atomic E-state index is 0.120. The molecule has 0 saturated heterocycles. The number of amides is 1. The molecular formula is C19H23ClN4O5S2. The molecule has 1 amide bonds. The summed E-state index contributed by atoms with van der Waals surface area (Å²) in [6, 6.07) is 10.9. The Morgan fingerprint density at radius 3 is 2.32 bits per heavy atom. The van der Waals surface area contributed by atoms with E-state index in [-0.39, 0.29) is 18.0 Å². The van der Waals surface area contributed by atoms with Crippen molar-refractivity contribution < 1.29 is 21.6 Å². The molecule has 2 aromatic rings. The molecule has 0 atom stereocenters. The number of fused-ring (bicyclic) bond motifs is 1. The van der Waals surface area contributed by atoms with Gasteiger partial charge in [-0.2, -0.15) is 17.0 Å². The number of anilines is 2. The standard InChI is InChI=1S/C19H23ClN4O5S2/c1-22(2)31(28,29)23(3)13-19(25)21-16-7-4-14-10-11-24(18(14)12-16)30(26,27)17-8-5-15(20)6-9-17/h4-9,12H,10-11,13H2,1-3H3,(H,21,25). The highest BCUT2D eigenvalue weighted by Crippen LogP contribution is 2.35. The lowest BCUT2D eigenvalue weighted by molar-refractivity contribution is -0.116. The van der Waals surface area contributed by atoms with Crippen LogP contribution in [-0.4, -0.2) is 65.6 Å². The third-order valence-corrected chi connectivity index (χ3v) is 8.76. The number of halogens is 1. The van der Waals surface area contributed by atoms with E-state index in [1.165, 1.54) is 49.7 Å². The molecule has 12 heteroatoms. The van der Waals surface area contributed by atoms with Crippen molar-refractivity contribution in [3.05, 3.63) is 53.1 Å². The monoisotopic (exact) mass is 486 g/mol. The summed E-state index contributed by atoms with van der Waals surface area (Å²) in [5, 5.41) is 3.07. The molecule has 0 radical (unpaired) electrons. The molecule has 0 aromatic heterocycles. The molecule has 0 bridgehead atoms. The van der Waals surface area contributed by atoms with Crippen molar-refractivity contribution >= 4 is 49.1 Å². The smallest absolute Gasteiger partial charge is 0.281 e. The first-order valence-electron chi connectivity index (χ1n) is 9.28. The van der Waals surface area contributed by atoms with Crippen molar-refractivity contribution in [2.45, 2.75) is 11.3 Å². The predicted molar refractivity (Wildman–Crippen MR) is 120 cm³/mol. The molecule has 1 N–H and O–H groups in total. The number of nitrogens with zero attached hydrogens (tertiary/aromatic N) is 3. The van der Waals surface area contributed by atoms with Gasteiger partial charge in [0.1, 0.15) is 0 Å². The number of hydrogen-bond donors (Lipinski definition) is 1. The number of sulfonamides is 1. The van der Waals surface area contributed by atoms with Crippen molar-refractivity contribution in [3.8, 4) is 0 Å². The Morgan fingerprint density at radius 2 is 1.71 bits per heavy atom. The number of carbonyl (C=O) groups is 1. The zero-order valence-corrected chi connectivity index (χ0v) is 19.6. The van der Waals surface area contributed by atoms with Crippen molar-refractivity contribution in [1.82, 2.24) is 8.61 Å². The van der Waals surface area contributed by atoms with Crippen LogP contribution in [-0.2, 0) is 31.4 Å². The Kier molecular flexibility index (Phi) is 6.63. The molecule has 0 unspecified atom stereocenters. The van der Waals surface area contributed by atoms with Gasteiger partial charge >= 0.3 is 0 Å². The van der Waals surface area contributed by atoms with Gasteiger partial charge in [-0.1, -0.05) is 17.7 Å². The van der Waals surface area contributed by atoms with Gasteiger partial charge < -0.3 is 5.32 Å². The Balaban J connectivity index is 1.80. The van der Waals surface area contributed by atoms with Gasteiger partial charge in [-0.05, 0) is 48.4 Å². The van der Waals surface area contributed by atoms with Crippen LogP contribution in [0.15, 0.2) is 47.4 Å². The molecule has 0 saturated carbocycles. The summed E-state index contributed by atoms with van der Waals surface area (Å²) in [5.41, 5.74) is 1.68. The Morgan fingerprint density at radius 1 is 1.06 bits per heavy atom. The minimum Gasteiger partial charge on any atom is -0.325 e. The first kappa shape index (κ1) is 23.5. The average Bonchev–Trinajstić information content (AvgIpc) is 3.12. The quantitative estimate of drug-likeness (QED) is 0.641. The lowest BCUT2D eigenvalue weighted by Gasteiger charge is -2.21.